The van der Waals surface area contributed by atoms with E-state index in [1.165, 1.54) is 9.13 Å². The molecule has 1 aromatic carbocycles. The predicted molar refractivity (Wildman–Crippen MR) is 98.2 cm³/mol. The number of rotatable bonds is 5. The Labute approximate surface area is 138 Å². The Hall–Kier alpha value is -0.313. The van der Waals surface area contributed by atoms with E-state index in [9.17, 15) is 0 Å². The van der Waals surface area contributed by atoms with Gasteiger partial charge < -0.3 is 4.43 Å². The van der Waals surface area contributed by atoms with Crippen LogP contribution in [0.4, 0.5) is 0 Å². The first kappa shape index (κ1) is 17.7. The molecule has 0 fully saturated rings. The van der Waals surface area contributed by atoms with E-state index >= 15 is 0 Å². The van der Waals surface area contributed by atoms with Crippen LogP contribution in [0.2, 0.25) is 18.1 Å². The Morgan fingerprint density at radius 3 is 2.40 bits per heavy atom. The molecule has 110 valence electrons. The van der Waals surface area contributed by atoms with Crippen LogP contribution in [0.15, 0.2) is 24.3 Å². The largest absolute Gasteiger partial charge is 0.410 e. The Kier molecular flexibility index (Phi) is 6.30. The highest BCUT2D eigenvalue weighted by molar-refractivity contribution is 14.1. The van der Waals surface area contributed by atoms with Crippen LogP contribution >= 0.6 is 22.6 Å². The number of hydrogen-bond acceptors (Lipinski definition) is 1. The van der Waals surface area contributed by atoms with E-state index in [0.717, 1.165) is 12.8 Å². The van der Waals surface area contributed by atoms with Gasteiger partial charge in [0.05, 0.1) is 6.10 Å². The molecule has 3 heteroatoms. The lowest BCUT2D eigenvalue weighted by molar-refractivity contribution is 0.174. The smallest absolute Gasteiger partial charge is 0.192 e. The normalized spacial score (nSPS) is 13.8. The number of hydrogen-bond donors (Lipinski definition) is 0. The summed E-state index contributed by atoms with van der Waals surface area (Å²) >= 11 is 2.38. The molecule has 0 spiro atoms. The fourth-order valence-corrected chi connectivity index (χ4v) is 3.81. The Morgan fingerprint density at radius 2 is 1.90 bits per heavy atom. The molecule has 0 N–H and O–H groups in total. The summed E-state index contributed by atoms with van der Waals surface area (Å²) in [4.78, 5) is 0. The monoisotopic (exact) mass is 400 g/mol. The second-order valence-electron chi connectivity index (χ2n) is 6.63. The minimum absolute atomic E-state index is 0.111. The molecule has 0 saturated carbocycles. The average Bonchev–Trinajstić information content (AvgIpc) is 2.33. The number of halogens is 1. The van der Waals surface area contributed by atoms with Gasteiger partial charge in [-0.2, -0.15) is 0 Å². The Morgan fingerprint density at radius 1 is 1.30 bits per heavy atom. The first-order valence-electron chi connectivity index (χ1n) is 7.05. The highest BCUT2D eigenvalue weighted by atomic mass is 127. The molecule has 0 aromatic heterocycles. The van der Waals surface area contributed by atoms with Crippen LogP contribution in [-0.2, 0) is 4.43 Å². The molecule has 20 heavy (non-hydrogen) atoms. The van der Waals surface area contributed by atoms with Gasteiger partial charge in [0.15, 0.2) is 8.32 Å². The van der Waals surface area contributed by atoms with Crippen LogP contribution < -0.4 is 0 Å². The molecular formula is C17H25IOSi. The van der Waals surface area contributed by atoms with E-state index < -0.39 is 8.32 Å². The van der Waals surface area contributed by atoms with Crippen molar-refractivity contribution in [1.82, 2.24) is 0 Å². The van der Waals surface area contributed by atoms with Gasteiger partial charge >= 0.3 is 0 Å². The van der Waals surface area contributed by atoms with Gasteiger partial charge in [0.25, 0.3) is 0 Å². The molecule has 0 bridgehead atoms. The lowest BCUT2D eigenvalue weighted by atomic mass is 10.1. The van der Waals surface area contributed by atoms with Crippen molar-refractivity contribution in [3.05, 3.63) is 33.4 Å². The highest BCUT2D eigenvalue weighted by Crippen LogP contribution is 2.41. The summed E-state index contributed by atoms with van der Waals surface area (Å²) < 4.78 is 7.87. The molecule has 1 unspecified atom stereocenters. The predicted octanol–water partition coefficient (Wildman–Crippen LogP) is 5.77. The van der Waals surface area contributed by atoms with Crippen LogP contribution in [0.3, 0.4) is 0 Å². The number of benzene rings is 1. The fraction of sp³-hybridized carbons (Fsp3) is 0.529. The molecule has 0 aliphatic heterocycles. The van der Waals surface area contributed by atoms with E-state index in [-0.39, 0.29) is 11.1 Å². The average molecular weight is 400 g/mol. The van der Waals surface area contributed by atoms with Crippen LogP contribution in [0.25, 0.3) is 0 Å². The lowest BCUT2D eigenvalue weighted by Gasteiger charge is -2.39. The van der Waals surface area contributed by atoms with Gasteiger partial charge in [-0.15, -0.1) is 12.3 Å². The SMILES string of the molecule is C#CCCC(O[Si](C)(C)C(C)(C)C)c1ccccc1I. The van der Waals surface area contributed by atoms with Gasteiger partial charge in [-0.25, -0.2) is 0 Å². The quantitative estimate of drug-likeness (QED) is 0.347. The standard InChI is InChI=1S/C17H25IOSi/c1-7-8-13-16(14-11-9-10-12-15(14)18)19-20(5,6)17(2,3)4/h1,9-12,16H,8,13H2,2-6H3. The summed E-state index contributed by atoms with van der Waals surface area (Å²) in [5.41, 5.74) is 1.27. The van der Waals surface area contributed by atoms with Crippen molar-refractivity contribution >= 4 is 30.9 Å². The van der Waals surface area contributed by atoms with Crippen molar-refractivity contribution in [2.75, 3.05) is 0 Å². The summed E-state index contributed by atoms with van der Waals surface area (Å²) in [6.07, 6.45) is 7.20. The maximum atomic E-state index is 6.61. The molecular weight excluding hydrogens is 375 g/mol. The molecule has 1 nitrogen and oxygen atoms in total. The zero-order valence-corrected chi connectivity index (χ0v) is 16.3. The molecule has 0 aliphatic carbocycles. The van der Waals surface area contributed by atoms with E-state index in [4.69, 9.17) is 10.8 Å². The maximum absolute atomic E-state index is 6.61. The van der Waals surface area contributed by atoms with Gasteiger partial charge in [-0.05, 0) is 58.8 Å². The molecule has 0 aliphatic rings. The third-order valence-corrected chi connectivity index (χ3v) is 9.51. The summed E-state index contributed by atoms with van der Waals surface area (Å²) in [6.45, 7) is 11.4. The van der Waals surface area contributed by atoms with Crippen molar-refractivity contribution in [3.63, 3.8) is 0 Å². The molecule has 1 atom stereocenters. The summed E-state index contributed by atoms with van der Waals surface area (Å²) in [6, 6.07) is 8.44. The van der Waals surface area contributed by atoms with Crippen molar-refractivity contribution in [1.29, 1.82) is 0 Å². The zero-order valence-electron chi connectivity index (χ0n) is 13.2. The number of terminal acetylenes is 1. The first-order chi connectivity index (χ1) is 9.19. The van der Waals surface area contributed by atoms with Gasteiger partial charge in [0.2, 0.25) is 0 Å². The van der Waals surface area contributed by atoms with Crippen molar-refractivity contribution in [3.8, 4) is 12.3 Å². The molecule has 1 rings (SSSR count). The minimum atomic E-state index is -1.80. The summed E-state index contributed by atoms with van der Waals surface area (Å²) in [5.74, 6) is 2.74. The third kappa shape index (κ3) is 4.61. The molecule has 0 saturated heterocycles. The molecule has 0 radical (unpaired) electrons. The fourth-order valence-electron chi connectivity index (χ4n) is 1.76. The van der Waals surface area contributed by atoms with Crippen LogP contribution in [0.1, 0.15) is 45.3 Å². The topological polar surface area (TPSA) is 9.23 Å². The van der Waals surface area contributed by atoms with E-state index in [1.807, 2.05) is 0 Å². The van der Waals surface area contributed by atoms with Gasteiger partial charge in [-0.1, -0.05) is 39.0 Å². The summed E-state index contributed by atoms with van der Waals surface area (Å²) in [7, 11) is -1.80. The maximum Gasteiger partial charge on any atom is 0.192 e. The van der Waals surface area contributed by atoms with Crippen LogP contribution in [0, 0.1) is 15.9 Å². The second kappa shape index (κ2) is 7.10. The van der Waals surface area contributed by atoms with Crippen LogP contribution in [0.5, 0.6) is 0 Å². The third-order valence-electron chi connectivity index (χ3n) is 4.05. The Bertz CT molecular complexity index is 482. The lowest BCUT2D eigenvalue weighted by Crippen LogP contribution is -2.42. The van der Waals surface area contributed by atoms with E-state index in [0.29, 0.717) is 0 Å². The molecule has 0 heterocycles. The first-order valence-corrected chi connectivity index (χ1v) is 11.0. The van der Waals surface area contributed by atoms with Crippen molar-refractivity contribution in [2.45, 2.75) is 57.8 Å². The van der Waals surface area contributed by atoms with E-state index in [1.54, 1.807) is 0 Å². The van der Waals surface area contributed by atoms with Crippen molar-refractivity contribution < 1.29 is 4.43 Å². The highest BCUT2D eigenvalue weighted by Gasteiger charge is 2.39. The zero-order chi connectivity index (χ0) is 15.4. The molecule has 1 aromatic rings. The van der Waals surface area contributed by atoms with Gasteiger partial charge in [0.1, 0.15) is 0 Å². The van der Waals surface area contributed by atoms with Crippen molar-refractivity contribution in [2.24, 2.45) is 0 Å². The Balaban J connectivity index is 3.03. The summed E-state index contributed by atoms with van der Waals surface area (Å²) in [5, 5.41) is 0.210. The van der Waals surface area contributed by atoms with Crippen LogP contribution in [-0.4, -0.2) is 8.32 Å². The van der Waals surface area contributed by atoms with E-state index in [2.05, 4.69) is 86.6 Å². The second-order valence-corrected chi connectivity index (χ2v) is 12.5. The molecule has 0 amide bonds. The van der Waals surface area contributed by atoms with Gasteiger partial charge in [-0.3, -0.25) is 0 Å². The minimum Gasteiger partial charge on any atom is -0.410 e. The van der Waals surface area contributed by atoms with Gasteiger partial charge in [0, 0.05) is 9.99 Å².